The number of thioether (sulfide) groups is 1. The van der Waals surface area contributed by atoms with Gasteiger partial charge in [-0.2, -0.15) is 0 Å². The van der Waals surface area contributed by atoms with E-state index in [-0.39, 0.29) is 0 Å². The molecule has 0 unspecified atom stereocenters. The summed E-state index contributed by atoms with van der Waals surface area (Å²) in [6, 6.07) is 3.98. The zero-order chi connectivity index (χ0) is 9.80. The number of aliphatic imine (C=N–C) groups is 1. The number of pyridine rings is 1. The van der Waals surface area contributed by atoms with Crippen molar-refractivity contribution in [3.8, 4) is 0 Å². The summed E-state index contributed by atoms with van der Waals surface area (Å²) in [4.78, 5) is 9.64. The third-order valence-electron chi connectivity index (χ3n) is 1.83. The van der Waals surface area contributed by atoms with E-state index < -0.39 is 0 Å². The maximum absolute atomic E-state index is 4.33. The average Bonchev–Trinajstić information content (AvgIpc) is 2.27. The number of nitrogens with zero attached hydrogens (tertiary/aromatic N) is 2. The van der Waals surface area contributed by atoms with Crippen molar-refractivity contribution in [1.82, 2.24) is 4.98 Å². The minimum Gasteiger partial charge on any atom is -0.260 e. The van der Waals surface area contributed by atoms with Gasteiger partial charge < -0.3 is 0 Å². The van der Waals surface area contributed by atoms with Crippen molar-refractivity contribution in [2.45, 2.75) is 11.3 Å². The van der Waals surface area contributed by atoms with Gasteiger partial charge >= 0.3 is 0 Å². The first-order valence-corrected chi connectivity index (χ1v) is 5.18. The highest BCUT2D eigenvalue weighted by molar-refractivity contribution is 8.03. The SMILES string of the molecule is C=C1/N=C\C=C/Cc2ncccc2S1. The van der Waals surface area contributed by atoms with Gasteiger partial charge in [0.1, 0.15) is 0 Å². The molecule has 1 aliphatic rings. The van der Waals surface area contributed by atoms with Crippen molar-refractivity contribution < 1.29 is 0 Å². The van der Waals surface area contributed by atoms with Crippen LogP contribution in [0.5, 0.6) is 0 Å². The average molecular weight is 202 g/mol. The van der Waals surface area contributed by atoms with Gasteiger partial charge in [-0.3, -0.25) is 9.98 Å². The van der Waals surface area contributed by atoms with Gasteiger partial charge in [-0.1, -0.05) is 24.4 Å². The molecule has 14 heavy (non-hydrogen) atoms. The highest BCUT2D eigenvalue weighted by Gasteiger charge is 2.04. The lowest BCUT2D eigenvalue weighted by Gasteiger charge is -2.04. The summed E-state index contributed by atoms with van der Waals surface area (Å²) in [5.74, 6) is 0. The van der Waals surface area contributed by atoms with Crippen molar-refractivity contribution in [2.75, 3.05) is 0 Å². The fourth-order valence-electron chi connectivity index (χ4n) is 1.19. The smallest absolute Gasteiger partial charge is 0.0936 e. The Labute approximate surface area is 87.5 Å². The molecule has 3 heteroatoms. The van der Waals surface area contributed by atoms with Gasteiger partial charge in [-0.15, -0.1) is 0 Å². The van der Waals surface area contributed by atoms with E-state index >= 15 is 0 Å². The Bertz CT molecular complexity index is 408. The minimum absolute atomic E-state index is 0.797. The Morgan fingerprint density at radius 3 is 3.29 bits per heavy atom. The highest BCUT2D eigenvalue weighted by atomic mass is 32.2. The molecular formula is C11H10N2S. The summed E-state index contributed by atoms with van der Waals surface area (Å²) in [6.07, 6.45) is 8.41. The number of hydrogen-bond donors (Lipinski definition) is 0. The molecule has 0 atom stereocenters. The summed E-state index contributed by atoms with van der Waals surface area (Å²) < 4.78 is 0. The third-order valence-corrected chi connectivity index (χ3v) is 2.76. The van der Waals surface area contributed by atoms with Crippen molar-refractivity contribution in [3.05, 3.63) is 47.8 Å². The van der Waals surface area contributed by atoms with Crippen molar-refractivity contribution in [1.29, 1.82) is 0 Å². The fourth-order valence-corrected chi connectivity index (χ4v) is 1.96. The van der Waals surface area contributed by atoms with Gasteiger partial charge in [0.25, 0.3) is 0 Å². The summed E-state index contributed by atoms with van der Waals surface area (Å²) in [5.41, 5.74) is 1.08. The lowest BCUT2D eigenvalue weighted by atomic mass is 10.2. The molecule has 0 saturated carbocycles. The Morgan fingerprint density at radius 2 is 2.36 bits per heavy atom. The third kappa shape index (κ3) is 2.12. The van der Waals surface area contributed by atoms with Crippen LogP contribution in [0.1, 0.15) is 5.69 Å². The van der Waals surface area contributed by atoms with Crippen LogP contribution in [0.15, 0.2) is 52.0 Å². The largest absolute Gasteiger partial charge is 0.260 e. The standard InChI is InChI=1S/C11H10N2S/c1-9-12-7-3-2-5-10-11(14-9)6-4-8-13-10/h2-4,6-8H,1,5H2/b3-2-,12-7-. The molecule has 0 bridgehead atoms. The Morgan fingerprint density at radius 1 is 1.43 bits per heavy atom. The van der Waals surface area contributed by atoms with Gasteiger partial charge in [0.05, 0.1) is 10.7 Å². The van der Waals surface area contributed by atoms with E-state index in [4.69, 9.17) is 0 Å². The number of aromatic nitrogens is 1. The van der Waals surface area contributed by atoms with Crippen molar-refractivity contribution in [3.63, 3.8) is 0 Å². The molecule has 0 aromatic carbocycles. The fraction of sp³-hybridized carbons (Fsp3) is 0.0909. The molecule has 2 heterocycles. The van der Waals surface area contributed by atoms with Crippen molar-refractivity contribution >= 4 is 18.0 Å². The van der Waals surface area contributed by atoms with E-state index in [2.05, 4.69) is 22.6 Å². The molecule has 70 valence electrons. The number of rotatable bonds is 0. The predicted octanol–water partition coefficient (Wildman–Crippen LogP) is 2.83. The second-order valence-corrected chi connectivity index (χ2v) is 3.97. The number of fused-ring (bicyclic) bond motifs is 1. The molecule has 1 aromatic heterocycles. The van der Waals surface area contributed by atoms with Crippen LogP contribution in [-0.4, -0.2) is 11.2 Å². The maximum Gasteiger partial charge on any atom is 0.0936 e. The van der Waals surface area contributed by atoms with Gasteiger partial charge in [0.15, 0.2) is 0 Å². The molecule has 1 aromatic rings. The van der Waals surface area contributed by atoms with E-state index in [1.165, 1.54) is 0 Å². The first-order valence-electron chi connectivity index (χ1n) is 4.36. The van der Waals surface area contributed by atoms with Crippen LogP contribution in [0.3, 0.4) is 0 Å². The van der Waals surface area contributed by atoms with Crippen LogP contribution >= 0.6 is 11.8 Å². The Kier molecular flexibility index (Phi) is 2.79. The molecule has 1 aliphatic heterocycles. The maximum atomic E-state index is 4.33. The van der Waals surface area contributed by atoms with E-state index in [9.17, 15) is 0 Å². The summed E-state index contributed by atoms with van der Waals surface area (Å²) >= 11 is 1.56. The molecular weight excluding hydrogens is 192 g/mol. The second kappa shape index (κ2) is 4.24. The quantitative estimate of drug-likeness (QED) is 0.646. The number of allylic oxidation sites excluding steroid dienone is 2. The predicted molar refractivity (Wildman–Crippen MR) is 60.6 cm³/mol. The molecule has 0 amide bonds. The molecule has 2 nitrogen and oxygen atoms in total. The van der Waals surface area contributed by atoms with Crippen LogP contribution in [0.2, 0.25) is 0 Å². The number of hydrogen-bond acceptors (Lipinski definition) is 3. The highest BCUT2D eigenvalue weighted by Crippen LogP contribution is 2.28. The van der Waals surface area contributed by atoms with E-state index in [1.54, 1.807) is 18.0 Å². The lowest BCUT2D eigenvalue weighted by molar-refractivity contribution is 1.04. The molecule has 0 spiro atoms. The van der Waals surface area contributed by atoms with Crippen LogP contribution < -0.4 is 0 Å². The molecule has 2 rings (SSSR count). The molecule has 0 saturated heterocycles. The first kappa shape index (κ1) is 9.21. The van der Waals surface area contributed by atoms with Crippen LogP contribution in [0.25, 0.3) is 0 Å². The molecule has 0 fully saturated rings. The Hall–Kier alpha value is -1.35. The minimum atomic E-state index is 0.797. The van der Waals surface area contributed by atoms with Crippen LogP contribution in [-0.2, 0) is 6.42 Å². The normalized spacial score (nSPS) is 20.1. The Balaban J connectivity index is 2.39. The van der Waals surface area contributed by atoms with Crippen LogP contribution in [0.4, 0.5) is 0 Å². The van der Waals surface area contributed by atoms with E-state index in [1.807, 2.05) is 24.4 Å². The van der Waals surface area contributed by atoms with Gasteiger partial charge in [0, 0.05) is 23.7 Å². The van der Waals surface area contributed by atoms with Crippen molar-refractivity contribution in [2.24, 2.45) is 4.99 Å². The monoisotopic (exact) mass is 202 g/mol. The van der Waals surface area contributed by atoms with Gasteiger partial charge in [-0.05, 0) is 18.2 Å². The van der Waals surface area contributed by atoms with E-state index in [0.717, 1.165) is 22.0 Å². The topological polar surface area (TPSA) is 25.2 Å². The molecule has 0 aliphatic carbocycles. The van der Waals surface area contributed by atoms with E-state index in [0.29, 0.717) is 0 Å². The molecule has 0 N–H and O–H groups in total. The molecule has 0 radical (unpaired) electrons. The van der Waals surface area contributed by atoms with Crippen LogP contribution in [0, 0.1) is 0 Å². The van der Waals surface area contributed by atoms with Gasteiger partial charge in [-0.25, -0.2) is 0 Å². The zero-order valence-corrected chi connectivity index (χ0v) is 8.50. The lowest BCUT2D eigenvalue weighted by Crippen LogP contribution is -1.89. The summed E-state index contributed by atoms with van der Waals surface area (Å²) in [5, 5.41) is 0.797. The zero-order valence-electron chi connectivity index (χ0n) is 7.68. The summed E-state index contributed by atoms with van der Waals surface area (Å²) in [6.45, 7) is 3.86. The first-order chi connectivity index (χ1) is 6.86. The second-order valence-electron chi connectivity index (χ2n) is 2.85. The van der Waals surface area contributed by atoms with Gasteiger partial charge in [0.2, 0.25) is 0 Å². The summed E-state index contributed by atoms with van der Waals surface area (Å²) in [7, 11) is 0.